The first-order valence-electron chi connectivity index (χ1n) is 5.39. The number of pyridine rings is 1. The van der Waals surface area contributed by atoms with Gasteiger partial charge in [0.15, 0.2) is 0 Å². The van der Waals surface area contributed by atoms with Crippen molar-refractivity contribution in [2.45, 2.75) is 25.9 Å². The second kappa shape index (κ2) is 5.61. The van der Waals surface area contributed by atoms with Crippen molar-refractivity contribution in [2.75, 3.05) is 14.1 Å². The normalized spacial score (nSPS) is 14.2. The van der Waals surface area contributed by atoms with Gasteiger partial charge in [-0.05, 0) is 25.5 Å². The number of carbonyl (C=O) groups excluding carboxylic acids is 1. The minimum absolute atomic E-state index is 0.0794. The van der Waals surface area contributed by atoms with Gasteiger partial charge in [0.05, 0.1) is 6.04 Å². The maximum absolute atomic E-state index is 11.7. The molecule has 0 aliphatic rings. The Morgan fingerprint density at radius 2 is 2.12 bits per heavy atom. The minimum Gasteiger partial charge on any atom is -0.347 e. The molecule has 1 heterocycles. The maximum Gasteiger partial charge on any atom is 0.238 e. The lowest BCUT2D eigenvalue weighted by Gasteiger charge is -2.22. The van der Waals surface area contributed by atoms with Gasteiger partial charge in [-0.25, -0.2) is 0 Å². The lowest BCUT2D eigenvalue weighted by atomic mass is 10.1. The Morgan fingerprint density at radius 1 is 1.44 bits per heavy atom. The van der Waals surface area contributed by atoms with Crippen molar-refractivity contribution in [1.29, 1.82) is 0 Å². The molecule has 4 heteroatoms. The molecular formula is C12H19N3O. The highest BCUT2D eigenvalue weighted by Crippen LogP contribution is 2.10. The van der Waals surface area contributed by atoms with E-state index in [2.05, 4.69) is 10.3 Å². The average Bonchev–Trinajstić information content (AvgIpc) is 2.28. The highest BCUT2D eigenvalue weighted by molar-refractivity contribution is 5.80. The molecule has 1 amide bonds. The van der Waals surface area contributed by atoms with Gasteiger partial charge in [0.25, 0.3) is 0 Å². The molecule has 0 radical (unpaired) electrons. The summed E-state index contributed by atoms with van der Waals surface area (Å²) in [5.41, 5.74) is 1.08. The van der Waals surface area contributed by atoms with Crippen LogP contribution in [0.4, 0.5) is 0 Å². The molecule has 1 rings (SSSR count). The molecular weight excluding hydrogens is 202 g/mol. The predicted molar refractivity (Wildman–Crippen MR) is 63.9 cm³/mol. The van der Waals surface area contributed by atoms with Crippen molar-refractivity contribution in [3.63, 3.8) is 0 Å². The molecule has 0 aliphatic carbocycles. The van der Waals surface area contributed by atoms with Crippen molar-refractivity contribution < 1.29 is 4.79 Å². The fraction of sp³-hybridized carbons (Fsp3) is 0.500. The molecule has 2 atom stereocenters. The lowest BCUT2D eigenvalue weighted by Crippen LogP contribution is -2.42. The number of amides is 1. The highest BCUT2D eigenvalue weighted by Gasteiger charge is 2.17. The Hall–Kier alpha value is -1.42. The van der Waals surface area contributed by atoms with Gasteiger partial charge in [0.2, 0.25) is 5.91 Å². The molecule has 0 aromatic carbocycles. The number of carbonyl (C=O) groups is 1. The lowest BCUT2D eigenvalue weighted by molar-refractivity contribution is -0.130. The van der Waals surface area contributed by atoms with E-state index in [1.807, 2.05) is 32.2 Å². The Kier molecular flexibility index (Phi) is 4.43. The van der Waals surface area contributed by atoms with Gasteiger partial charge in [0, 0.05) is 32.5 Å². The number of aromatic nitrogens is 1. The summed E-state index contributed by atoms with van der Waals surface area (Å²) in [6.45, 7) is 3.89. The van der Waals surface area contributed by atoms with Crippen LogP contribution in [0.25, 0.3) is 0 Å². The smallest absolute Gasteiger partial charge is 0.238 e. The summed E-state index contributed by atoms with van der Waals surface area (Å²) in [4.78, 5) is 17.3. The Bertz CT molecular complexity index is 337. The van der Waals surface area contributed by atoms with Crippen LogP contribution in [0.15, 0.2) is 24.5 Å². The topological polar surface area (TPSA) is 45.2 Å². The van der Waals surface area contributed by atoms with E-state index in [1.165, 1.54) is 0 Å². The molecule has 0 saturated carbocycles. The standard InChI is InChI=1S/C12H19N3O/c1-9(11-6-5-7-13-8-11)14-10(2)12(16)15(3)4/h5-10,14H,1-4H3/t9?,10-/m1/s1. The summed E-state index contributed by atoms with van der Waals surface area (Å²) < 4.78 is 0. The fourth-order valence-corrected chi connectivity index (χ4v) is 1.56. The highest BCUT2D eigenvalue weighted by atomic mass is 16.2. The third-order valence-corrected chi connectivity index (χ3v) is 2.50. The number of rotatable bonds is 4. The average molecular weight is 221 g/mol. The number of hydrogen-bond donors (Lipinski definition) is 1. The van der Waals surface area contributed by atoms with Gasteiger partial charge in [-0.1, -0.05) is 6.07 Å². The van der Waals surface area contributed by atoms with Crippen molar-refractivity contribution in [3.8, 4) is 0 Å². The van der Waals surface area contributed by atoms with Gasteiger partial charge in [0.1, 0.15) is 0 Å². The summed E-state index contributed by atoms with van der Waals surface area (Å²) in [6, 6.07) is 3.82. The van der Waals surface area contributed by atoms with Crippen LogP contribution in [0.3, 0.4) is 0 Å². The van der Waals surface area contributed by atoms with Crippen molar-refractivity contribution >= 4 is 5.91 Å². The zero-order valence-electron chi connectivity index (χ0n) is 10.3. The van der Waals surface area contributed by atoms with E-state index in [4.69, 9.17) is 0 Å². The quantitative estimate of drug-likeness (QED) is 0.831. The van der Waals surface area contributed by atoms with E-state index in [0.29, 0.717) is 0 Å². The molecule has 0 spiro atoms. The summed E-state index contributed by atoms with van der Waals surface area (Å²) in [5.74, 6) is 0.0794. The third kappa shape index (κ3) is 3.31. The van der Waals surface area contributed by atoms with Crippen molar-refractivity contribution in [1.82, 2.24) is 15.2 Å². The van der Waals surface area contributed by atoms with Gasteiger partial charge in [-0.3, -0.25) is 15.1 Å². The number of nitrogens with one attached hydrogen (secondary N) is 1. The number of nitrogens with zero attached hydrogens (tertiary/aromatic N) is 2. The molecule has 0 fully saturated rings. The van der Waals surface area contributed by atoms with Crippen LogP contribution >= 0.6 is 0 Å². The molecule has 1 aromatic heterocycles. The SMILES string of the molecule is CC(N[C@H](C)C(=O)N(C)C)c1cccnc1. The second-order valence-corrected chi connectivity index (χ2v) is 4.13. The number of likely N-dealkylation sites (N-methyl/N-ethyl adjacent to an activating group) is 1. The molecule has 0 aliphatic heterocycles. The monoisotopic (exact) mass is 221 g/mol. The second-order valence-electron chi connectivity index (χ2n) is 4.13. The van der Waals surface area contributed by atoms with Crippen molar-refractivity contribution in [3.05, 3.63) is 30.1 Å². The summed E-state index contributed by atoms with van der Waals surface area (Å²) in [5, 5.41) is 3.25. The third-order valence-electron chi connectivity index (χ3n) is 2.50. The fourth-order valence-electron chi connectivity index (χ4n) is 1.56. The van der Waals surface area contributed by atoms with Gasteiger partial charge < -0.3 is 4.90 Å². The minimum atomic E-state index is -0.190. The van der Waals surface area contributed by atoms with E-state index in [1.54, 1.807) is 25.2 Å². The van der Waals surface area contributed by atoms with Crippen LogP contribution in [-0.4, -0.2) is 35.9 Å². The molecule has 1 aromatic rings. The van der Waals surface area contributed by atoms with Crippen LogP contribution in [0.2, 0.25) is 0 Å². The van der Waals surface area contributed by atoms with E-state index >= 15 is 0 Å². The van der Waals surface area contributed by atoms with Crippen LogP contribution in [-0.2, 0) is 4.79 Å². The zero-order valence-corrected chi connectivity index (χ0v) is 10.3. The summed E-state index contributed by atoms with van der Waals surface area (Å²) in [7, 11) is 3.52. The zero-order chi connectivity index (χ0) is 12.1. The summed E-state index contributed by atoms with van der Waals surface area (Å²) in [6.07, 6.45) is 3.55. The van der Waals surface area contributed by atoms with Gasteiger partial charge >= 0.3 is 0 Å². The van der Waals surface area contributed by atoms with Crippen LogP contribution in [0.1, 0.15) is 25.5 Å². The van der Waals surface area contributed by atoms with Crippen LogP contribution in [0, 0.1) is 0 Å². The van der Waals surface area contributed by atoms with Crippen LogP contribution < -0.4 is 5.32 Å². The molecule has 4 nitrogen and oxygen atoms in total. The number of hydrogen-bond acceptors (Lipinski definition) is 3. The van der Waals surface area contributed by atoms with E-state index in [0.717, 1.165) is 5.56 Å². The van der Waals surface area contributed by atoms with Crippen molar-refractivity contribution in [2.24, 2.45) is 0 Å². The Balaban J connectivity index is 2.58. The maximum atomic E-state index is 11.7. The predicted octanol–water partition coefficient (Wildman–Crippen LogP) is 1.21. The molecule has 16 heavy (non-hydrogen) atoms. The van der Waals surface area contributed by atoms with Crippen LogP contribution in [0.5, 0.6) is 0 Å². The first-order chi connectivity index (χ1) is 7.52. The first-order valence-corrected chi connectivity index (χ1v) is 5.39. The summed E-state index contributed by atoms with van der Waals surface area (Å²) >= 11 is 0. The largest absolute Gasteiger partial charge is 0.347 e. The van der Waals surface area contributed by atoms with E-state index in [9.17, 15) is 4.79 Å². The molecule has 1 unspecified atom stereocenters. The Morgan fingerprint density at radius 3 is 2.62 bits per heavy atom. The molecule has 0 saturated heterocycles. The first kappa shape index (κ1) is 12.6. The molecule has 0 bridgehead atoms. The molecule has 88 valence electrons. The van der Waals surface area contributed by atoms with Gasteiger partial charge in [-0.15, -0.1) is 0 Å². The van der Waals surface area contributed by atoms with E-state index in [-0.39, 0.29) is 18.0 Å². The molecule has 1 N–H and O–H groups in total. The van der Waals surface area contributed by atoms with Gasteiger partial charge in [-0.2, -0.15) is 0 Å². The van der Waals surface area contributed by atoms with E-state index < -0.39 is 0 Å². The Labute approximate surface area is 96.7 Å².